The van der Waals surface area contributed by atoms with Crippen LogP contribution in [-0.2, 0) is 9.53 Å². The Morgan fingerprint density at radius 3 is 2.88 bits per heavy atom. The number of carbonyl (C=O) groups excluding carboxylic acids is 1. The molecule has 1 aromatic rings. The molecule has 0 fully saturated rings. The topological polar surface area (TPSA) is 64.3 Å². The highest BCUT2D eigenvalue weighted by molar-refractivity contribution is 5.94. The summed E-state index contributed by atoms with van der Waals surface area (Å²) in [6.07, 6.45) is 0.305. The highest BCUT2D eigenvalue weighted by Crippen LogP contribution is 2.15. The summed E-state index contributed by atoms with van der Waals surface area (Å²) in [4.78, 5) is 11.5. The van der Waals surface area contributed by atoms with Gasteiger partial charge in [-0.05, 0) is 18.6 Å². The third-order valence-electron chi connectivity index (χ3n) is 2.16. The number of hydrogen-bond donors (Lipinski definition) is 2. The van der Waals surface area contributed by atoms with E-state index in [9.17, 15) is 13.6 Å². The van der Waals surface area contributed by atoms with Gasteiger partial charge in [-0.2, -0.15) is 0 Å². The fourth-order valence-corrected chi connectivity index (χ4v) is 1.19. The Hall–Kier alpha value is -1.53. The van der Waals surface area contributed by atoms with Crippen molar-refractivity contribution in [1.82, 2.24) is 0 Å². The lowest BCUT2D eigenvalue weighted by Gasteiger charge is -2.12. The number of nitrogens with two attached hydrogens (primary N) is 1. The largest absolute Gasteiger partial charge is 0.385 e. The van der Waals surface area contributed by atoms with Crippen LogP contribution in [-0.4, -0.2) is 25.7 Å². The van der Waals surface area contributed by atoms with Crippen LogP contribution in [0, 0.1) is 11.6 Å². The molecular weight excluding hydrogens is 230 g/mol. The molecule has 4 nitrogen and oxygen atoms in total. The van der Waals surface area contributed by atoms with Crippen LogP contribution in [0.3, 0.4) is 0 Å². The van der Waals surface area contributed by atoms with Crippen molar-refractivity contribution in [2.24, 2.45) is 5.73 Å². The van der Waals surface area contributed by atoms with Crippen LogP contribution in [0.15, 0.2) is 18.2 Å². The fourth-order valence-electron chi connectivity index (χ4n) is 1.19. The van der Waals surface area contributed by atoms with Gasteiger partial charge in [0.15, 0.2) is 0 Å². The number of halogens is 2. The van der Waals surface area contributed by atoms with Gasteiger partial charge < -0.3 is 15.8 Å². The zero-order chi connectivity index (χ0) is 12.8. The second-order valence-electron chi connectivity index (χ2n) is 3.50. The number of rotatable bonds is 5. The SMILES string of the molecule is COCCC(N)C(=O)Nc1cc(F)ccc1F. The number of carbonyl (C=O) groups is 1. The van der Waals surface area contributed by atoms with Crippen molar-refractivity contribution in [3.63, 3.8) is 0 Å². The van der Waals surface area contributed by atoms with Crippen molar-refractivity contribution in [1.29, 1.82) is 0 Å². The fraction of sp³-hybridized carbons (Fsp3) is 0.364. The Kier molecular flexibility index (Phi) is 4.99. The zero-order valence-electron chi connectivity index (χ0n) is 9.37. The van der Waals surface area contributed by atoms with Crippen LogP contribution < -0.4 is 11.1 Å². The Balaban J connectivity index is 2.64. The molecule has 94 valence electrons. The lowest BCUT2D eigenvalue weighted by molar-refractivity contribution is -0.117. The minimum absolute atomic E-state index is 0.220. The van der Waals surface area contributed by atoms with Crippen LogP contribution in [0.25, 0.3) is 0 Å². The second-order valence-corrected chi connectivity index (χ2v) is 3.50. The molecule has 1 unspecified atom stereocenters. The van der Waals surface area contributed by atoms with Gasteiger partial charge in [0.2, 0.25) is 5.91 Å². The summed E-state index contributed by atoms with van der Waals surface area (Å²) in [6.45, 7) is 0.320. The molecule has 1 atom stereocenters. The van der Waals surface area contributed by atoms with Crippen molar-refractivity contribution in [3.05, 3.63) is 29.8 Å². The van der Waals surface area contributed by atoms with E-state index in [1.54, 1.807) is 0 Å². The van der Waals surface area contributed by atoms with Crippen LogP contribution in [0.1, 0.15) is 6.42 Å². The number of hydrogen-bond acceptors (Lipinski definition) is 3. The maximum atomic E-state index is 13.2. The molecule has 0 bridgehead atoms. The van der Waals surface area contributed by atoms with Crippen LogP contribution in [0.2, 0.25) is 0 Å². The predicted octanol–water partition coefficient (Wildman–Crippen LogP) is 1.27. The molecule has 0 aromatic heterocycles. The second kappa shape index (κ2) is 6.27. The maximum absolute atomic E-state index is 13.2. The Bertz CT molecular complexity index is 399. The van der Waals surface area contributed by atoms with Crippen LogP contribution in [0.5, 0.6) is 0 Å². The molecule has 0 heterocycles. The molecule has 1 amide bonds. The molecule has 6 heteroatoms. The molecule has 17 heavy (non-hydrogen) atoms. The summed E-state index contributed by atoms with van der Waals surface area (Å²) >= 11 is 0. The summed E-state index contributed by atoms with van der Waals surface area (Å²) in [5.74, 6) is -1.92. The maximum Gasteiger partial charge on any atom is 0.241 e. The molecule has 3 N–H and O–H groups in total. The lowest BCUT2D eigenvalue weighted by atomic mass is 10.2. The van der Waals surface area contributed by atoms with Crippen LogP contribution >= 0.6 is 0 Å². The highest BCUT2D eigenvalue weighted by Gasteiger charge is 2.15. The summed E-state index contributed by atoms with van der Waals surface area (Å²) in [6, 6.07) is 1.98. The van der Waals surface area contributed by atoms with Gasteiger partial charge in [-0.1, -0.05) is 0 Å². The van der Waals surface area contributed by atoms with E-state index in [0.717, 1.165) is 18.2 Å². The van der Waals surface area contributed by atoms with E-state index in [4.69, 9.17) is 10.5 Å². The average molecular weight is 244 g/mol. The molecule has 1 aromatic carbocycles. The van der Waals surface area contributed by atoms with Gasteiger partial charge in [-0.25, -0.2) is 8.78 Å². The molecule has 0 aliphatic heterocycles. The van der Waals surface area contributed by atoms with E-state index in [1.807, 2.05) is 0 Å². The van der Waals surface area contributed by atoms with Crippen LogP contribution in [0.4, 0.5) is 14.5 Å². The third-order valence-corrected chi connectivity index (χ3v) is 2.16. The molecule has 0 aliphatic carbocycles. The number of amides is 1. The molecule has 1 rings (SSSR count). The normalized spacial score (nSPS) is 12.2. The van der Waals surface area contributed by atoms with Gasteiger partial charge in [-0.3, -0.25) is 4.79 Å². The minimum atomic E-state index is -0.822. The lowest BCUT2D eigenvalue weighted by Crippen LogP contribution is -2.36. The minimum Gasteiger partial charge on any atom is -0.385 e. The smallest absolute Gasteiger partial charge is 0.241 e. The van der Waals surface area contributed by atoms with Gasteiger partial charge in [0.25, 0.3) is 0 Å². The predicted molar refractivity (Wildman–Crippen MR) is 59.5 cm³/mol. The summed E-state index contributed by atoms with van der Waals surface area (Å²) < 4.78 is 30.8. The Morgan fingerprint density at radius 1 is 1.53 bits per heavy atom. The van der Waals surface area contributed by atoms with Crippen molar-refractivity contribution >= 4 is 11.6 Å². The van der Waals surface area contributed by atoms with E-state index in [0.29, 0.717) is 13.0 Å². The van der Waals surface area contributed by atoms with E-state index in [-0.39, 0.29) is 5.69 Å². The first kappa shape index (κ1) is 13.5. The summed E-state index contributed by atoms with van der Waals surface area (Å²) in [5, 5.41) is 2.23. The molecular formula is C11H14F2N2O2. The van der Waals surface area contributed by atoms with Crippen molar-refractivity contribution in [2.45, 2.75) is 12.5 Å². The Labute approximate surface area is 97.8 Å². The number of nitrogens with one attached hydrogen (secondary N) is 1. The Morgan fingerprint density at radius 2 is 2.24 bits per heavy atom. The first-order valence-corrected chi connectivity index (χ1v) is 5.05. The van der Waals surface area contributed by atoms with Gasteiger partial charge >= 0.3 is 0 Å². The molecule has 0 saturated carbocycles. The van der Waals surface area contributed by atoms with E-state index in [2.05, 4.69) is 5.32 Å². The number of ether oxygens (including phenoxy) is 1. The molecule has 0 radical (unpaired) electrons. The molecule has 0 saturated heterocycles. The van der Waals surface area contributed by atoms with Gasteiger partial charge in [0.1, 0.15) is 11.6 Å². The van der Waals surface area contributed by atoms with E-state index >= 15 is 0 Å². The average Bonchev–Trinajstić information content (AvgIpc) is 2.30. The molecule has 0 aliphatic rings. The van der Waals surface area contributed by atoms with E-state index in [1.165, 1.54) is 7.11 Å². The molecule has 0 spiro atoms. The van der Waals surface area contributed by atoms with Crippen molar-refractivity contribution in [2.75, 3.05) is 19.0 Å². The third kappa shape index (κ3) is 4.08. The van der Waals surface area contributed by atoms with E-state index < -0.39 is 23.6 Å². The van der Waals surface area contributed by atoms with Gasteiger partial charge in [-0.15, -0.1) is 0 Å². The highest BCUT2D eigenvalue weighted by atomic mass is 19.1. The van der Waals surface area contributed by atoms with Gasteiger partial charge in [0.05, 0.1) is 11.7 Å². The van der Waals surface area contributed by atoms with Crippen molar-refractivity contribution < 1.29 is 18.3 Å². The quantitative estimate of drug-likeness (QED) is 0.819. The monoisotopic (exact) mass is 244 g/mol. The number of benzene rings is 1. The number of anilines is 1. The number of methoxy groups -OCH3 is 1. The standard InChI is InChI=1S/C11H14F2N2O2/c1-17-5-4-9(14)11(16)15-10-6-7(12)2-3-8(10)13/h2-3,6,9H,4-5,14H2,1H3,(H,15,16). The zero-order valence-corrected chi connectivity index (χ0v) is 9.37. The first-order valence-electron chi connectivity index (χ1n) is 5.05. The van der Waals surface area contributed by atoms with Gasteiger partial charge in [0, 0.05) is 19.8 Å². The summed E-state index contributed by atoms with van der Waals surface area (Å²) in [5.41, 5.74) is 5.31. The van der Waals surface area contributed by atoms with Crippen molar-refractivity contribution in [3.8, 4) is 0 Å². The summed E-state index contributed by atoms with van der Waals surface area (Å²) in [7, 11) is 1.48. The first-order chi connectivity index (χ1) is 8.04.